The van der Waals surface area contributed by atoms with Gasteiger partial charge in [-0.1, -0.05) is 0 Å². The minimum absolute atomic E-state index is 0.0471. The Kier molecular flexibility index (Phi) is 5.21. The molecule has 1 aromatic carbocycles. The highest BCUT2D eigenvalue weighted by Crippen LogP contribution is 2.14. The Bertz CT molecular complexity index is 747. The Morgan fingerprint density at radius 2 is 1.80 bits per heavy atom. The van der Waals surface area contributed by atoms with Crippen LogP contribution in [0.5, 0.6) is 0 Å². The van der Waals surface area contributed by atoms with E-state index in [1.54, 1.807) is 42.7 Å². The lowest BCUT2D eigenvalue weighted by Crippen LogP contribution is -2.53. The molecule has 1 N–H and O–H groups in total. The van der Waals surface area contributed by atoms with Gasteiger partial charge in [0, 0.05) is 44.3 Å². The van der Waals surface area contributed by atoms with Gasteiger partial charge in [-0.05, 0) is 37.3 Å². The van der Waals surface area contributed by atoms with Gasteiger partial charge in [-0.3, -0.25) is 9.69 Å². The average molecular weight is 336 g/mol. The molecule has 1 saturated heterocycles. The standard InChI is InChI=1S/C18H20N6O/c1-14(17(25)22-16-5-3-15(13-19)4-6-16)23-9-11-24(12-10-23)18-20-7-2-8-21-18/h2-8,14H,9-12H2,1H3,(H,22,25)/t14-/m1/s1. The third kappa shape index (κ3) is 4.11. The number of aromatic nitrogens is 2. The maximum atomic E-state index is 12.5. The summed E-state index contributed by atoms with van der Waals surface area (Å²) in [5.41, 5.74) is 1.28. The number of carbonyl (C=O) groups is 1. The summed E-state index contributed by atoms with van der Waals surface area (Å²) in [6.07, 6.45) is 3.48. The summed E-state index contributed by atoms with van der Waals surface area (Å²) in [5.74, 6) is 0.686. The molecule has 1 aromatic heterocycles. The number of nitrogens with one attached hydrogen (secondary N) is 1. The number of anilines is 2. The average Bonchev–Trinajstić information content (AvgIpc) is 2.69. The third-order valence-electron chi connectivity index (χ3n) is 4.36. The van der Waals surface area contributed by atoms with Crippen molar-refractivity contribution in [2.45, 2.75) is 13.0 Å². The van der Waals surface area contributed by atoms with Gasteiger partial charge in [-0.2, -0.15) is 5.26 Å². The number of benzene rings is 1. The van der Waals surface area contributed by atoms with Crippen molar-refractivity contribution >= 4 is 17.5 Å². The molecule has 0 spiro atoms. The van der Waals surface area contributed by atoms with Crippen LogP contribution in [0.3, 0.4) is 0 Å². The molecule has 25 heavy (non-hydrogen) atoms. The first kappa shape index (κ1) is 16.9. The van der Waals surface area contributed by atoms with E-state index in [4.69, 9.17) is 5.26 Å². The zero-order valence-corrected chi connectivity index (χ0v) is 14.1. The lowest BCUT2D eigenvalue weighted by molar-refractivity contribution is -0.120. The van der Waals surface area contributed by atoms with E-state index in [2.05, 4.69) is 31.2 Å². The van der Waals surface area contributed by atoms with Gasteiger partial charge in [0.1, 0.15) is 0 Å². The van der Waals surface area contributed by atoms with Crippen LogP contribution < -0.4 is 10.2 Å². The van der Waals surface area contributed by atoms with E-state index in [1.165, 1.54) is 0 Å². The Morgan fingerprint density at radius 1 is 1.16 bits per heavy atom. The molecule has 1 fully saturated rings. The maximum Gasteiger partial charge on any atom is 0.241 e. The smallest absolute Gasteiger partial charge is 0.241 e. The van der Waals surface area contributed by atoms with Crippen LogP contribution >= 0.6 is 0 Å². The van der Waals surface area contributed by atoms with Crippen molar-refractivity contribution in [2.24, 2.45) is 0 Å². The van der Waals surface area contributed by atoms with Gasteiger partial charge in [0.2, 0.25) is 11.9 Å². The van der Waals surface area contributed by atoms with Crippen molar-refractivity contribution in [3.05, 3.63) is 48.3 Å². The fourth-order valence-corrected chi connectivity index (χ4v) is 2.80. The quantitative estimate of drug-likeness (QED) is 0.911. The summed E-state index contributed by atoms with van der Waals surface area (Å²) in [6, 6.07) is 10.5. The molecule has 1 amide bonds. The molecule has 0 saturated carbocycles. The summed E-state index contributed by atoms with van der Waals surface area (Å²) < 4.78 is 0. The lowest BCUT2D eigenvalue weighted by Gasteiger charge is -2.37. The molecule has 1 atom stereocenters. The fraction of sp³-hybridized carbons (Fsp3) is 0.333. The van der Waals surface area contributed by atoms with Gasteiger partial charge in [-0.15, -0.1) is 0 Å². The molecule has 128 valence electrons. The molecule has 1 aliphatic heterocycles. The van der Waals surface area contributed by atoms with Crippen LogP contribution in [0.15, 0.2) is 42.7 Å². The van der Waals surface area contributed by atoms with Crippen molar-refractivity contribution in [1.29, 1.82) is 5.26 Å². The molecule has 0 aliphatic carbocycles. The number of nitrogens with zero attached hydrogens (tertiary/aromatic N) is 5. The van der Waals surface area contributed by atoms with Crippen LogP contribution in [0.25, 0.3) is 0 Å². The van der Waals surface area contributed by atoms with Crippen LogP contribution in [0.2, 0.25) is 0 Å². The largest absolute Gasteiger partial charge is 0.338 e. The fourth-order valence-electron chi connectivity index (χ4n) is 2.80. The molecule has 3 rings (SSSR count). The van der Waals surface area contributed by atoms with Crippen LogP contribution in [-0.2, 0) is 4.79 Å². The first-order valence-electron chi connectivity index (χ1n) is 8.24. The van der Waals surface area contributed by atoms with Crippen molar-refractivity contribution in [3.63, 3.8) is 0 Å². The van der Waals surface area contributed by atoms with Crippen LogP contribution in [0, 0.1) is 11.3 Å². The van der Waals surface area contributed by atoms with Gasteiger partial charge in [0.15, 0.2) is 0 Å². The normalized spacial score (nSPS) is 16.1. The summed E-state index contributed by atoms with van der Waals surface area (Å²) in [4.78, 5) is 25.3. The summed E-state index contributed by atoms with van der Waals surface area (Å²) in [5, 5.41) is 11.7. The Morgan fingerprint density at radius 3 is 2.40 bits per heavy atom. The first-order chi connectivity index (χ1) is 12.2. The molecule has 0 bridgehead atoms. The van der Waals surface area contributed by atoms with Crippen molar-refractivity contribution < 1.29 is 4.79 Å². The molecule has 0 radical (unpaired) electrons. The van der Waals surface area contributed by atoms with E-state index in [1.807, 2.05) is 6.92 Å². The number of hydrogen-bond donors (Lipinski definition) is 1. The van der Waals surface area contributed by atoms with Crippen LogP contribution in [0.1, 0.15) is 12.5 Å². The second-order valence-corrected chi connectivity index (χ2v) is 5.93. The van der Waals surface area contributed by atoms with E-state index >= 15 is 0 Å². The molecule has 7 heteroatoms. The lowest BCUT2D eigenvalue weighted by atomic mass is 10.2. The van der Waals surface area contributed by atoms with Crippen molar-refractivity contribution in [2.75, 3.05) is 36.4 Å². The predicted molar refractivity (Wildman–Crippen MR) is 95.1 cm³/mol. The third-order valence-corrected chi connectivity index (χ3v) is 4.36. The Balaban J connectivity index is 1.54. The highest BCUT2D eigenvalue weighted by Gasteiger charge is 2.26. The number of hydrogen-bond acceptors (Lipinski definition) is 6. The SMILES string of the molecule is C[C@H](C(=O)Nc1ccc(C#N)cc1)N1CCN(c2ncccn2)CC1. The molecule has 1 aliphatic rings. The predicted octanol–water partition coefficient (Wildman–Crippen LogP) is 1.50. The van der Waals surface area contributed by atoms with E-state index < -0.39 is 0 Å². The van der Waals surface area contributed by atoms with Gasteiger partial charge >= 0.3 is 0 Å². The highest BCUT2D eigenvalue weighted by molar-refractivity contribution is 5.94. The number of rotatable bonds is 4. The van der Waals surface area contributed by atoms with E-state index in [9.17, 15) is 4.79 Å². The molecular weight excluding hydrogens is 316 g/mol. The highest BCUT2D eigenvalue weighted by atomic mass is 16.2. The van der Waals surface area contributed by atoms with Crippen LogP contribution in [-0.4, -0.2) is 53.0 Å². The second kappa shape index (κ2) is 7.73. The summed E-state index contributed by atoms with van der Waals surface area (Å²) in [6.45, 7) is 5.05. The molecular formula is C18H20N6O. The number of nitriles is 1. The monoisotopic (exact) mass is 336 g/mol. The summed E-state index contributed by atoms with van der Waals surface area (Å²) in [7, 11) is 0. The minimum atomic E-state index is -0.227. The van der Waals surface area contributed by atoms with E-state index in [0.29, 0.717) is 11.3 Å². The van der Waals surface area contributed by atoms with Gasteiger partial charge in [-0.25, -0.2) is 9.97 Å². The maximum absolute atomic E-state index is 12.5. The number of carbonyl (C=O) groups excluding carboxylic acids is 1. The van der Waals surface area contributed by atoms with Crippen molar-refractivity contribution in [1.82, 2.24) is 14.9 Å². The molecule has 2 heterocycles. The molecule has 0 unspecified atom stereocenters. The van der Waals surface area contributed by atoms with Gasteiger partial charge < -0.3 is 10.2 Å². The van der Waals surface area contributed by atoms with Crippen molar-refractivity contribution in [3.8, 4) is 6.07 Å². The Labute approximate surface area is 146 Å². The first-order valence-corrected chi connectivity index (χ1v) is 8.24. The minimum Gasteiger partial charge on any atom is -0.338 e. The van der Waals surface area contributed by atoms with E-state index in [0.717, 1.165) is 32.1 Å². The Hall–Kier alpha value is -2.98. The molecule has 2 aromatic rings. The van der Waals surface area contributed by atoms with Gasteiger partial charge in [0.05, 0.1) is 17.7 Å². The zero-order valence-electron chi connectivity index (χ0n) is 14.1. The zero-order chi connectivity index (χ0) is 17.6. The number of piperazine rings is 1. The van der Waals surface area contributed by atoms with Crippen LogP contribution in [0.4, 0.5) is 11.6 Å². The van der Waals surface area contributed by atoms with Gasteiger partial charge in [0.25, 0.3) is 0 Å². The molecule has 7 nitrogen and oxygen atoms in total. The topological polar surface area (TPSA) is 85.2 Å². The number of amides is 1. The second-order valence-electron chi connectivity index (χ2n) is 5.93. The summed E-state index contributed by atoms with van der Waals surface area (Å²) >= 11 is 0. The van der Waals surface area contributed by atoms with E-state index in [-0.39, 0.29) is 11.9 Å².